The van der Waals surface area contributed by atoms with Gasteiger partial charge >= 0.3 is 6.03 Å². The summed E-state index contributed by atoms with van der Waals surface area (Å²) in [7, 11) is 0. The lowest BCUT2D eigenvalue weighted by atomic mass is 9.82. The second-order valence-electron chi connectivity index (χ2n) is 8.63. The third-order valence-corrected chi connectivity index (χ3v) is 5.59. The van der Waals surface area contributed by atoms with Gasteiger partial charge in [-0.1, -0.05) is 32.9 Å². The van der Waals surface area contributed by atoms with Gasteiger partial charge in [-0.2, -0.15) is 0 Å². The number of amides is 2. The van der Waals surface area contributed by atoms with Crippen LogP contribution in [0.5, 0.6) is 0 Å². The minimum Gasteiger partial charge on any atom is -0.316 e. The zero-order chi connectivity index (χ0) is 19.0. The Balaban J connectivity index is 1.62. The van der Waals surface area contributed by atoms with E-state index in [4.69, 9.17) is 0 Å². The molecule has 27 heavy (non-hydrogen) atoms. The molecule has 1 aromatic heterocycles. The van der Waals surface area contributed by atoms with Gasteiger partial charge in [-0.05, 0) is 59.2 Å². The summed E-state index contributed by atoms with van der Waals surface area (Å²) in [5, 5.41) is 6.60. The smallest absolute Gasteiger partial charge is 0.316 e. The van der Waals surface area contributed by atoms with E-state index in [9.17, 15) is 4.79 Å². The lowest BCUT2D eigenvalue weighted by Gasteiger charge is -2.24. The minimum atomic E-state index is -0.0677. The monoisotopic (exact) mass is 364 g/mol. The molecule has 0 bridgehead atoms. The van der Waals surface area contributed by atoms with Gasteiger partial charge < -0.3 is 15.5 Å². The Bertz CT molecular complexity index is 835. The summed E-state index contributed by atoms with van der Waals surface area (Å²) < 4.78 is 0. The molecule has 4 rings (SSSR count). The Labute approximate surface area is 161 Å². The predicted molar refractivity (Wildman–Crippen MR) is 108 cm³/mol. The van der Waals surface area contributed by atoms with Crippen LogP contribution in [0.4, 0.5) is 10.5 Å². The van der Waals surface area contributed by atoms with Crippen LogP contribution in [0, 0.1) is 0 Å². The highest BCUT2D eigenvalue weighted by atomic mass is 16.2. The summed E-state index contributed by atoms with van der Waals surface area (Å²) in [6.45, 7) is 9.15. The van der Waals surface area contributed by atoms with Crippen molar-refractivity contribution >= 4 is 11.7 Å². The van der Waals surface area contributed by atoms with Crippen LogP contribution in [0.3, 0.4) is 0 Å². The number of benzene rings is 1. The number of fused-ring (bicyclic) bond motifs is 1. The Kier molecular flexibility index (Phi) is 4.64. The zero-order valence-electron chi connectivity index (χ0n) is 16.4. The predicted octanol–water partition coefficient (Wildman–Crippen LogP) is 4.35. The molecule has 2 aromatic rings. The fourth-order valence-electron chi connectivity index (χ4n) is 4.02. The summed E-state index contributed by atoms with van der Waals surface area (Å²) in [6.07, 6.45) is 5.76. The Morgan fingerprint density at radius 2 is 2.15 bits per heavy atom. The summed E-state index contributed by atoms with van der Waals surface area (Å²) in [5.41, 5.74) is 6.15. The molecule has 142 valence electrons. The van der Waals surface area contributed by atoms with E-state index in [-0.39, 0.29) is 11.4 Å². The molecule has 2 aliphatic heterocycles. The minimum absolute atomic E-state index is 0.0677. The van der Waals surface area contributed by atoms with Crippen molar-refractivity contribution in [3.05, 3.63) is 58.9 Å². The summed E-state index contributed by atoms with van der Waals surface area (Å²) in [6, 6.07) is 8.69. The van der Waals surface area contributed by atoms with E-state index < -0.39 is 0 Å². The molecule has 0 spiro atoms. The summed E-state index contributed by atoms with van der Waals surface area (Å²) in [4.78, 5) is 18.7. The van der Waals surface area contributed by atoms with Crippen molar-refractivity contribution in [1.82, 2.24) is 15.2 Å². The van der Waals surface area contributed by atoms with Gasteiger partial charge in [0.2, 0.25) is 0 Å². The maximum atomic E-state index is 12.8. The Hall–Kier alpha value is -2.40. The van der Waals surface area contributed by atoms with Crippen molar-refractivity contribution in [2.75, 3.05) is 11.9 Å². The standard InChI is InChI=1S/C22H28N4O/c1-22(2,3)16-10-15-13-26(21(27)25-17-6-4-8-23-12-17)14-19(15)18(11-16)20-7-5-9-24-20/h4,6,8,10-12,20,24H,5,7,9,13-14H2,1-3H3,(H,25,27)/t20-/m0/s1. The molecule has 5 heteroatoms. The number of carbonyl (C=O) groups is 1. The number of carbonyl (C=O) groups excluding carboxylic acids is 1. The highest BCUT2D eigenvalue weighted by Crippen LogP contribution is 2.37. The number of nitrogens with zero attached hydrogens (tertiary/aromatic N) is 2. The van der Waals surface area contributed by atoms with Crippen molar-refractivity contribution < 1.29 is 4.79 Å². The van der Waals surface area contributed by atoms with Gasteiger partial charge in [-0.3, -0.25) is 4.98 Å². The van der Waals surface area contributed by atoms with E-state index in [1.54, 1.807) is 12.4 Å². The molecule has 1 aromatic carbocycles. The molecule has 3 heterocycles. The molecule has 0 radical (unpaired) electrons. The van der Waals surface area contributed by atoms with Crippen LogP contribution in [-0.4, -0.2) is 22.5 Å². The van der Waals surface area contributed by atoms with Gasteiger partial charge in [-0.25, -0.2) is 4.79 Å². The van der Waals surface area contributed by atoms with Crippen LogP contribution in [0.25, 0.3) is 0 Å². The van der Waals surface area contributed by atoms with Crippen LogP contribution in [0.15, 0.2) is 36.7 Å². The van der Waals surface area contributed by atoms with E-state index in [1.807, 2.05) is 17.0 Å². The molecule has 0 aliphatic carbocycles. The first-order chi connectivity index (χ1) is 12.9. The first-order valence-electron chi connectivity index (χ1n) is 9.77. The van der Waals surface area contributed by atoms with Gasteiger partial charge in [-0.15, -0.1) is 0 Å². The molecule has 0 unspecified atom stereocenters. The number of hydrogen-bond donors (Lipinski definition) is 2. The Morgan fingerprint density at radius 1 is 1.30 bits per heavy atom. The van der Waals surface area contributed by atoms with E-state index in [2.05, 4.69) is 48.5 Å². The molecule has 2 aliphatic rings. The van der Waals surface area contributed by atoms with Gasteiger partial charge in [0.15, 0.2) is 0 Å². The van der Waals surface area contributed by atoms with E-state index in [0.29, 0.717) is 19.1 Å². The highest BCUT2D eigenvalue weighted by Gasteiger charge is 2.31. The number of nitrogens with one attached hydrogen (secondary N) is 2. The maximum absolute atomic E-state index is 12.8. The summed E-state index contributed by atoms with van der Waals surface area (Å²) >= 11 is 0. The van der Waals surface area contributed by atoms with E-state index in [0.717, 1.165) is 12.2 Å². The first kappa shape index (κ1) is 18.0. The SMILES string of the molecule is CC(C)(C)c1cc2c(c([C@@H]3CCCN3)c1)CN(C(=O)Nc1cccnc1)C2. The molecule has 1 atom stereocenters. The number of urea groups is 1. The van der Waals surface area contributed by atoms with Crippen molar-refractivity contribution in [3.63, 3.8) is 0 Å². The van der Waals surface area contributed by atoms with E-state index >= 15 is 0 Å². The zero-order valence-corrected chi connectivity index (χ0v) is 16.4. The van der Waals surface area contributed by atoms with Crippen LogP contribution in [0.1, 0.15) is 61.9 Å². The molecule has 2 amide bonds. The topological polar surface area (TPSA) is 57.3 Å². The van der Waals surface area contributed by atoms with Crippen molar-refractivity contribution in [2.24, 2.45) is 0 Å². The van der Waals surface area contributed by atoms with Crippen LogP contribution in [-0.2, 0) is 18.5 Å². The van der Waals surface area contributed by atoms with Gasteiger partial charge in [0, 0.05) is 25.3 Å². The second-order valence-corrected chi connectivity index (χ2v) is 8.63. The first-order valence-corrected chi connectivity index (χ1v) is 9.77. The fraction of sp³-hybridized carbons (Fsp3) is 0.455. The molecule has 5 nitrogen and oxygen atoms in total. The number of anilines is 1. The Morgan fingerprint density at radius 3 is 2.81 bits per heavy atom. The second kappa shape index (κ2) is 6.97. The molecule has 1 fully saturated rings. The largest absolute Gasteiger partial charge is 0.322 e. The molecular weight excluding hydrogens is 336 g/mol. The van der Waals surface area contributed by atoms with Crippen molar-refractivity contribution in [2.45, 2.75) is 58.2 Å². The number of aromatic nitrogens is 1. The van der Waals surface area contributed by atoms with Crippen LogP contribution < -0.4 is 10.6 Å². The normalized spacial score (nSPS) is 19.2. The molecular formula is C22H28N4O. The molecule has 2 N–H and O–H groups in total. The number of hydrogen-bond acceptors (Lipinski definition) is 3. The summed E-state index contributed by atoms with van der Waals surface area (Å²) in [5.74, 6) is 0. The van der Waals surface area contributed by atoms with Gasteiger partial charge in [0.05, 0.1) is 11.9 Å². The number of rotatable bonds is 2. The average Bonchev–Trinajstić information content (AvgIpc) is 3.30. The average molecular weight is 364 g/mol. The molecule has 0 saturated carbocycles. The van der Waals surface area contributed by atoms with Crippen LogP contribution in [0.2, 0.25) is 0 Å². The third kappa shape index (κ3) is 3.69. The van der Waals surface area contributed by atoms with Crippen molar-refractivity contribution in [3.8, 4) is 0 Å². The van der Waals surface area contributed by atoms with Gasteiger partial charge in [0.1, 0.15) is 0 Å². The third-order valence-electron chi connectivity index (χ3n) is 5.59. The maximum Gasteiger partial charge on any atom is 0.322 e. The fourth-order valence-corrected chi connectivity index (χ4v) is 4.02. The lowest BCUT2D eigenvalue weighted by Crippen LogP contribution is -2.30. The number of pyridine rings is 1. The van der Waals surface area contributed by atoms with Gasteiger partial charge in [0.25, 0.3) is 0 Å². The van der Waals surface area contributed by atoms with E-state index in [1.165, 1.54) is 35.1 Å². The van der Waals surface area contributed by atoms with Crippen LogP contribution >= 0.6 is 0 Å². The lowest BCUT2D eigenvalue weighted by molar-refractivity contribution is 0.212. The highest BCUT2D eigenvalue weighted by molar-refractivity contribution is 5.89. The molecule has 1 saturated heterocycles. The van der Waals surface area contributed by atoms with Crippen molar-refractivity contribution in [1.29, 1.82) is 0 Å². The quantitative estimate of drug-likeness (QED) is 0.833.